The number of hydrogen-bond donors (Lipinski definition) is 1. The van der Waals surface area contributed by atoms with Gasteiger partial charge in [0, 0.05) is 6.04 Å². The Morgan fingerprint density at radius 3 is 2.60 bits per heavy atom. The van der Waals surface area contributed by atoms with Crippen LogP contribution in [0, 0.1) is 5.92 Å². The van der Waals surface area contributed by atoms with E-state index in [1.54, 1.807) is 0 Å². The van der Waals surface area contributed by atoms with E-state index in [9.17, 15) is 4.79 Å². The van der Waals surface area contributed by atoms with E-state index < -0.39 is 5.79 Å². The van der Waals surface area contributed by atoms with Crippen molar-refractivity contribution in [3.05, 3.63) is 0 Å². The van der Waals surface area contributed by atoms with Crippen LogP contribution >= 0.6 is 0 Å². The average molecular weight is 215 g/mol. The molecule has 1 saturated carbocycles. The van der Waals surface area contributed by atoms with Crippen LogP contribution in [0.15, 0.2) is 0 Å². The van der Waals surface area contributed by atoms with Crippen LogP contribution in [0.25, 0.3) is 0 Å². The minimum Gasteiger partial charge on any atom is -0.469 e. The summed E-state index contributed by atoms with van der Waals surface area (Å²) in [6.07, 6.45) is 0.115. The van der Waals surface area contributed by atoms with E-state index >= 15 is 0 Å². The topological polar surface area (TPSA) is 70.8 Å². The van der Waals surface area contributed by atoms with Crippen LogP contribution in [0.3, 0.4) is 0 Å². The largest absolute Gasteiger partial charge is 0.469 e. The average Bonchev–Trinajstić information content (AvgIpc) is 2.61. The first-order valence-corrected chi connectivity index (χ1v) is 5.13. The van der Waals surface area contributed by atoms with Crippen LogP contribution in [0.5, 0.6) is 0 Å². The lowest BCUT2D eigenvalue weighted by molar-refractivity contribution is -0.167. The van der Waals surface area contributed by atoms with Gasteiger partial charge in [-0.1, -0.05) is 0 Å². The minimum atomic E-state index is -0.653. The number of esters is 1. The van der Waals surface area contributed by atoms with Gasteiger partial charge in [-0.3, -0.25) is 4.79 Å². The molecule has 1 saturated heterocycles. The molecule has 1 aliphatic heterocycles. The fourth-order valence-corrected chi connectivity index (χ4v) is 2.40. The van der Waals surface area contributed by atoms with Gasteiger partial charge >= 0.3 is 5.97 Å². The summed E-state index contributed by atoms with van der Waals surface area (Å²) in [6, 6.07) is -0.152. The molecule has 0 aromatic heterocycles. The Balaban J connectivity index is 2.16. The van der Waals surface area contributed by atoms with Gasteiger partial charge in [-0.05, 0) is 20.3 Å². The molecule has 4 atom stereocenters. The molecule has 5 nitrogen and oxygen atoms in total. The molecule has 2 rings (SSSR count). The second kappa shape index (κ2) is 3.43. The predicted molar refractivity (Wildman–Crippen MR) is 51.9 cm³/mol. The fraction of sp³-hybridized carbons (Fsp3) is 0.900. The van der Waals surface area contributed by atoms with Gasteiger partial charge in [-0.15, -0.1) is 0 Å². The van der Waals surface area contributed by atoms with Gasteiger partial charge in [0.2, 0.25) is 0 Å². The summed E-state index contributed by atoms with van der Waals surface area (Å²) >= 11 is 0. The Hall–Kier alpha value is -0.650. The van der Waals surface area contributed by atoms with E-state index in [0.29, 0.717) is 6.42 Å². The minimum absolute atomic E-state index is 0.152. The monoisotopic (exact) mass is 215 g/mol. The number of carbonyl (C=O) groups excluding carboxylic acids is 1. The molecule has 0 spiro atoms. The second-order valence-electron chi connectivity index (χ2n) is 4.59. The summed E-state index contributed by atoms with van der Waals surface area (Å²) in [5.41, 5.74) is 5.91. The van der Waals surface area contributed by atoms with Crippen molar-refractivity contribution in [2.75, 3.05) is 7.11 Å². The Morgan fingerprint density at radius 1 is 1.40 bits per heavy atom. The van der Waals surface area contributed by atoms with Gasteiger partial charge in [0.1, 0.15) is 12.2 Å². The van der Waals surface area contributed by atoms with Crippen LogP contribution < -0.4 is 5.73 Å². The third-order valence-electron chi connectivity index (χ3n) is 3.01. The molecule has 15 heavy (non-hydrogen) atoms. The Kier molecular flexibility index (Phi) is 2.48. The molecule has 0 amide bonds. The molecule has 1 aliphatic carbocycles. The summed E-state index contributed by atoms with van der Waals surface area (Å²) in [5.74, 6) is -1.21. The summed E-state index contributed by atoms with van der Waals surface area (Å²) in [5, 5.41) is 0. The Bertz CT molecular complexity index is 279. The van der Waals surface area contributed by atoms with E-state index in [0.717, 1.165) is 0 Å². The molecule has 2 aliphatic rings. The van der Waals surface area contributed by atoms with E-state index in [2.05, 4.69) is 0 Å². The SMILES string of the molecule is COC(=O)[C@@H]1C[C@H](N)[C@H]2OC(C)(C)O[C@H]21. The number of rotatable bonds is 1. The number of carbonyl (C=O) groups is 1. The third-order valence-corrected chi connectivity index (χ3v) is 3.01. The summed E-state index contributed by atoms with van der Waals surface area (Å²) in [7, 11) is 1.38. The molecule has 2 N–H and O–H groups in total. The maximum absolute atomic E-state index is 11.5. The van der Waals surface area contributed by atoms with Crippen molar-refractivity contribution in [1.82, 2.24) is 0 Å². The highest BCUT2D eigenvalue weighted by Crippen LogP contribution is 2.41. The van der Waals surface area contributed by atoms with Crippen molar-refractivity contribution < 1.29 is 19.0 Å². The van der Waals surface area contributed by atoms with E-state index in [1.165, 1.54) is 7.11 Å². The van der Waals surface area contributed by atoms with Crippen LogP contribution in [-0.4, -0.2) is 37.1 Å². The van der Waals surface area contributed by atoms with Gasteiger partial charge in [-0.2, -0.15) is 0 Å². The van der Waals surface area contributed by atoms with Crippen LogP contribution in [0.2, 0.25) is 0 Å². The maximum Gasteiger partial charge on any atom is 0.311 e. The van der Waals surface area contributed by atoms with Crippen LogP contribution in [0.1, 0.15) is 20.3 Å². The zero-order chi connectivity index (χ0) is 11.2. The molecule has 0 aromatic carbocycles. The van der Waals surface area contributed by atoms with Gasteiger partial charge in [0.15, 0.2) is 5.79 Å². The van der Waals surface area contributed by atoms with Gasteiger partial charge < -0.3 is 19.9 Å². The lowest BCUT2D eigenvalue weighted by atomic mass is 10.1. The van der Waals surface area contributed by atoms with Crippen molar-refractivity contribution in [2.24, 2.45) is 11.7 Å². The molecule has 5 heteroatoms. The maximum atomic E-state index is 11.5. The summed E-state index contributed by atoms with van der Waals surface area (Å²) < 4.78 is 16.1. The zero-order valence-corrected chi connectivity index (χ0v) is 9.23. The molecule has 0 bridgehead atoms. The number of fused-ring (bicyclic) bond motifs is 1. The Morgan fingerprint density at radius 2 is 2.00 bits per heavy atom. The molecule has 86 valence electrons. The lowest BCUT2D eigenvalue weighted by Gasteiger charge is -2.21. The first kappa shape index (κ1) is 10.9. The van der Waals surface area contributed by atoms with E-state index in [-0.39, 0.29) is 30.1 Å². The summed E-state index contributed by atoms with van der Waals surface area (Å²) in [6.45, 7) is 3.65. The zero-order valence-electron chi connectivity index (χ0n) is 9.23. The molecule has 0 unspecified atom stereocenters. The number of hydrogen-bond acceptors (Lipinski definition) is 5. The molecular weight excluding hydrogens is 198 g/mol. The van der Waals surface area contributed by atoms with Crippen molar-refractivity contribution >= 4 is 5.97 Å². The number of nitrogens with two attached hydrogens (primary N) is 1. The molecule has 2 fully saturated rings. The van der Waals surface area contributed by atoms with Crippen molar-refractivity contribution in [3.63, 3.8) is 0 Å². The molecule has 0 radical (unpaired) electrons. The Labute approximate surface area is 88.9 Å². The first-order valence-electron chi connectivity index (χ1n) is 5.13. The lowest BCUT2D eigenvalue weighted by Crippen LogP contribution is -2.35. The van der Waals surface area contributed by atoms with Crippen LogP contribution in [-0.2, 0) is 19.0 Å². The third kappa shape index (κ3) is 1.75. The smallest absolute Gasteiger partial charge is 0.311 e. The molecule has 0 aromatic rings. The second-order valence-corrected chi connectivity index (χ2v) is 4.59. The van der Waals surface area contributed by atoms with Crippen molar-refractivity contribution in [2.45, 2.75) is 44.3 Å². The van der Waals surface area contributed by atoms with E-state index in [4.69, 9.17) is 19.9 Å². The molecular formula is C10H17NO4. The number of methoxy groups -OCH3 is 1. The number of ether oxygens (including phenoxy) is 3. The quantitative estimate of drug-likeness (QED) is 0.625. The first-order chi connectivity index (χ1) is 6.94. The van der Waals surface area contributed by atoms with Gasteiger partial charge in [0.25, 0.3) is 0 Å². The highest BCUT2D eigenvalue weighted by atomic mass is 16.8. The standard InChI is InChI=1S/C10H17NO4/c1-10(2)14-7-5(9(12)13-3)4-6(11)8(7)15-10/h5-8H,4,11H2,1-3H3/t5-,6+,7+,8-/m1/s1. The summed E-state index contributed by atoms with van der Waals surface area (Å²) in [4.78, 5) is 11.5. The van der Waals surface area contributed by atoms with Gasteiger partial charge in [-0.25, -0.2) is 0 Å². The fourth-order valence-electron chi connectivity index (χ4n) is 2.40. The van der Waals surface area contributed by atoms with Crippen molar-refractivity contribution in [1.29, 1.82) is 0 Å². The normalized spacial score (nSPS) is 42.7. The van der Waals surface area contributed by atoms with Crippen LogP contribution in [0.4, 0.5) is 0 Å². The van der Waals surface area contributed by atoms with Gasteiger partial charge in [0.05, 0.1) is 13.0 Å². The van der Waals surface area contributed by atoms with E-state index in [1.807, 2.05) is 13.8 Å². The highest BCUT2D eigenvalue weighted by Gasteiger charge is 2.55. The van der Waals surface area contributed by atoms with Crippen molar-refractivity contribution in [3.8, 4) is 0 Å². The highest BCUT2D eigenvalue weighted by molar-refractivity contribution is 5.73. The molecule has 1 heterocycles. The predicted octanol–water partition coefficient (Wildman–Crippen LogP) is 0.0267.